The Morgan fingerprint density at radius 2 is 1.88 bits per heavy atom. The van der Waals surface area contributed by atoms with Gasteiger partial charge < -0.3 is 14.6 Å². The van der Waals surface area contributed by atoms with Crippen LogP contribution in [0.2, 0.25) is 5.02 Å². The quantitative estimate of drug-likeness (QED) is 0.469. The average Bonchev–Trinajstić information content (AvgIpc) is 3.22. The van der Waals surface area contributed by atoms with E-state index in [0.717, 1.165) is 22.8 Å². The molecule has 0 spiro atoms. The van der Waals surface area contributed by atoms with Crippen LogP contribution in [0.15, 0.2) is 63.9 Å². The number of halogens is 1. The Hall–Kier alpha value is -3.32. The first-order valence-corrected chi connectivity index (χ1v) is 10.7. The number of ether oxygens (including phenoxy) is 1. The van der Waals surface area contributed by atoms with E-state index in [1.807, 2.05) is 48.5 Å². The largest absolute Gasteiger partial charge is 0.466 e. The first kappa shape index (κ1) is 23.3. The molecule has 7 nitrogen and oxygen atoms in total. The Labute approximate surface area is 190 Å². The molecule has 3 aromatic rings. The van der Waals surface area contributed by atoms with Crippen LogP contribution in [0.5, 0.6) is 0 Å². The van der Waals surface area contributed by atoms with Gasteiger partial charge in [0.05, 0.1) is 18.6 Å². The highest BCUT2D eigenvalue weighted by atomic mass is 35.5. The van der Waals surface area contributed by atoms with Gasteiger partial charge in [-0.3, -0.25) is 14.4 Å². The summed E-state index contributed by atoms with van der Waals surface area (Å²) in [5, 5.41) is 5.49. The minimum Gasteiger partial charge on any atom is -0.466 e. The molecule has 0 bridgehead atoms. The van der Waals surface area contributed by atoms with Crippen LogP contribution in [0, 0.1) is 5.92 Å². The van der Waals surface area contributed by atoms with Crippen LogP contribution in [-0.2, 0) is 16.0 Å². The number of aromatic amines is 1. The summed E-state index contributed by atoms with van der Waals surface area (Å²) >= 11 is 6.56. The molecule has 8 heteroatoms. The van der Waals surface area contributed by atoms with Crippen LogP contribution in [0.4, 0.5) is 0 Å². The second kappa shape index (κ2) is 10.8. The lowest BCUT2D eigenvalue weighted by Crippen LogP contribution is -2.39. The number of benzene rings is 2. The number of carbonyl (C=O) groups is 2. The molecule has 0 unspecified atom stereocenters. The van der Waals surface area contributed by atoms with Crippen LogP contribution in [-0.4, -0.2) is 29.7 Å². The van der Waals surface area contributed by atoms with E-state index in [4.69, 9.17) is 20.9 Å². The van der Waals surface area contributed by atoms with E-state index < -0.39 is 23.4 Å². The van der Waals surface area contributed by atoms with E-state index in [-0.39, 0.29) is 18.3 Å². The molecule has 3 rings (SSSR count). The van der Waals surface area contributed by atoms with E-state index in [0.29, 0.717) is 17.9 Å². The summed E-state index contributed by atoms with van der Waals surface area (Å²) in [4.78, 5) is 36.0. The molecule has 0 aliphatic carbocycles. The van der Waals surface area contributed by atoms with Gasteiger partial charge in [0.1, 0.15) is 0 Å². The van der Waals surface area contributed by atoms with Gasteiger partial charge >= 0.3 is 5.97 Å². The summed E-state index contributed by atoms with van der Waals surface area (Å²) in [6.45, 7) is 3.76. The van der Waals surface area contributed by atoms with Crippen molar-refractivity contribution in [1.82, 2.24) is 10.5 Å². The van der Waals surface area contributed by atoms with Gasteiger partial charge in [-0.15, -0.1) is 0 Å². The van der Waals surface area contributed by atoms with Crippen molar-refractivity contribution in [1.29, 1.82) is 0 Å². The lowest BCUT2D eigenvalue weighted by Gasteiger charge is -2.22. The van der Waals surface area contributed by atoms with E-state index >= 15 is 0 Å². The maximum atomic E-state index is 12.5. The van der Waals surface area contributed by atoms with Gasteiger partial charge in [-0.1, -0.05) is 61.0 Å². The number of H-pyrrole nitrogens is 1. The number of amides is 1. The van der Waals surface area contributed by atoms with Crippen LogP contribution >= 0.6 is 11.6 Å². The van der Waals surface area contributed by atoms with Crippen molar-refractivity contribution in [3.8, 4) is 11.1 Å². The number of hydrogen-bond donors (Lipinski definition) is 2. The molecule has 1 aromatic heterocycles. The van der Waals surface area contributed by atoms with Crippen molar-refractivity contribution in [2.45, 2.75) is 32.7 Å². The minimum absolute atomic E-state index is 0.130. The van der Waals surface area contributed by atoms with Crippen molar-refractivity contribution in [2.24, 2.45) is 5.92 Å². The Bertz CT molecular complexity index is 1120. The molecule has 168 valence electrons. The fourth-order valence-corrected chi connectivity index (χ4v) is 3.70. The predicted molar refractivity (Wildman–Crippen MR) is 122 cm³/mol. The molecular formula is C24H25ClN2O5. The normalized spacial score (nSPS) is 12.7. The zero-order valence-electron chi connectivity index (χ0n) is 17.9. The van der Waals surface area contributed by atoms with Gasteiger partial charge in [0.15, 0.2) is 0 Å². The van der Waals surface area contributed by atoms with Crippen LogP contribution < -0.4 is 10.9 Å². The zero-order valence-corrected chi connectivity index (χ0v) is 18.6. The van der Waals surface area contributed by atoms with Gasteiger partial charge in [0.25, 0.3) is 11.5 Å². The second-order valence-corrected chi connectivity index (χ2v) is 7.92. The highest BCUT2D eigenvalue weighted by Gasteiger charge is 2.24. The number of nitrogens with one attached hydrogen (secondary N) is 2. The maximum absolute atomic E-state index is 12.5. The van der Waals surface area contributed by atoms with Crippen LogP contribution in [0.3, 0.4) is 0 Å². The molecule has 2 N–H and O–H groups in total. The lowest BCUT2D eigenvalue weighted by atomic mass is 9.94. The van der Waals surface area contributed by atoms with Gasteiger partial charge in [-0.25, -0.2) is 0 Å². The smallest absolute Gasteiger partial charge is 0.308 e. The summed E-state index contributed by atoms with van der Waals surface area (Å²) < 4.78 is 9.98. The number of esters is 1. The first-order valence-electron chi connectivity index (χ1n) is 10.4. The van der Waals surface area contributed by atoms with Gasteiger partial charge in [0, 0.05) is 11.1 Å². The molecule has 32 heavy (non-hydrogen) atoms. The fourth-order valence-electron chi connectivity index (χ4n) is 3.44. The highest BCUT2D eigenvalue weighted by Crippen LogP contribution is 2.27. The molecule has 0 saturated heterocycles. The Morgan fingerprint density at radius 3 is 2.50 bits per heavy atom. The third-order valence-electron chi connectivity index (χ3n) is 5.04. The van der Waals surface area contributed by atoms with E-state index in [2.05, 4.69) is 10.5 Å². The SMILES string of the molecule is CCOC(=O)[C@H](C)C[C@@H](Cc1ccc(-c2ccccc2)cc1Cl)NC(=O)c1cc(=O)[nH]o1. The number of aromatic nitrogens is 1. The summed E-state index contributed by atoms with van der Waals surface area (Å²) in [5.74, 6) is -1.47. The molecule has 0 aliphatic heterocycles. The third-order valence-corrected chi connectivity index (χ3v) is 5.39. The van der Waals surface area contributed by atoms with E-state index in [1.165, 1.54) is 0 Å². The van der Waals surface area contributed by atoms with Crippen LogP contribution in [0.1, 0.15) is 36.4 Å². The monoisotopic (exact) mass is 456 g/mol. The zero-order chi connectivity index (χ0) is 23.1. The van der Waals surface area contributed by atoms with Gasteiger partial charge in [-0.05, 0) is 42.5 Å². The van der Waals surface area contributed by atoms with Crippen molar-refractivity contribution < 1.29 is 18.8 Å². The Morgan fingerprint density at radius 1 is 1.12 bits per heavy atom. The topological polar surface area (TPSA) is 101 Å². The Kier molecular flexibility index (Phi) is 7.89. The first-order chi connectivity index (χ1) is 15.4. The maximum Gasteiger partial charge on any atom is 0.308 e. The number of hydrogen-bond acceptors (Lipinski definition) is 5. The van der Waals surface area contributed by atoms with Crippen molar-refractivity contribution in [3.05, 3.63) is 81.3 Å². The molecule has 1 amide bonds. The number of carbonyl (C=O) groups excluding carboxylic acids is 2. The van der Waals surface area contributed by atoms with Gasteiger partial charge in [-0.2, -0.15) is 5.16 Å². The summed E-state index contributed by atoms with van der Waals surface area (Å²) in [5.41, 5.74) is 2.34. The summed E-state index contributed by atoms with van der Waals surface area (Å²) in [6, 6.07) is 16.3. The molecular weight excluding hydrogens is 432 g/mol. The summed E-state index contributed by atoms with van der Waals surface area (Å²) in [6.07, 6.45) is 0.716. The fraction of sp³-hybridized carbons (Fsp3) is 0.292. The summed E-state index contributed by atoms with van der Waals surface area (Å²) in [7, 11) is 0. The molecule has 0 saturated carbocycles. The lowest BCUT2D eigenvalue weighted by molar-refractivity contribution is -0.147. The molecule has 1 heterocycles. The van der Waals surface area contributed by atoms with Crippen molar-refractivity contribution >= 4 is 23.5 Å². The molecule has 2 atom stereocenters. The molecule has 2 aromatic carbocycles. The molecule has 0 fully saturated rings. The second-order valence-electron chi connectivity index (χ2n) is 7.51. The van der Waals surface area contributed by atoms with Crippen molar-refractivity contribution in [3.63, 3.8) is 0 Å². The Balaban J connectivity index is 1.80. The molecule has 0 radical (unpaired) electrons. The van der Waals surface area contributed by atoms with E-state index in [1.54, 1.807) is 13.8 Å². The average molecular weight is 457 g/mol. The predicted octanol–water partition coefficient (Wildman–Crippen LogP) is 4.22. The van der Waals surface area contributed by atoms with E-state index in [9.17, 15) is 14.4 Å². The standard InChI is InChI=1S/C24H25ClN2O5/c1-3-31-24(30)15(2)11-19(26-23(29)21-14-22(28)27-32-21)12-18-10-9-17(13-20(18)25)16-7-5-4-6-8-16/h4-10,13-15,19H,3,11-12H2,1-2H3,(H,26,29)(H,27,28)/t15-,19+/m1/s1. The van der Waals surface area contributed by atoms with Gasteiger partial charge in [0.2, 0.25) is 5.76 Å². The highest BCUT2D eigenvalue weighted by molar-refractivity contribution is 6.31. The number of rotatable bonds is 9. The molecule has 0 aliphatic rings. The van der Waals surface area contributed by atoms with Crippen molar-refractivity contribution in [2.75, 3.05) is 6.61 Å². The minimum atomic E-state index is -0.554. The van der Waals surface area contributed by atoms with Crippen LogP contribution in [0.25, 0.3) is 11.1 Å². The third kappa shape index (κ3) is 6.11.